The molecule has 1 heterocycles. The Kier molecular flexibility index (Phi) is 5.87. The zero-order valence-electron chi connectivity index (χ0n) is 11.3. The van der Waals surface area contributed by atoms with E-state index in [4.69, 9.17) is 0 Å². The number of halogens is 3. The number of hydrogen-bond donors (Lipinski definition) is 0. The zero-order valence-corrected chi connectivity index (χ0v) is 16.1. The first-order valence-electron chi connectivity index (χ1n) is 6.53. The van der Waals surface area contributed by atoms with Gasteiger partial charge in [0.25, 0.3) is 0 Å². The molecule has 0 bridgehead atoms. The van der Waals surface area contributed by atoms with Crippen LogP contribution in [0.25, 0.3) is 0 Å². The highest BCUT2D eigenvalue weighted by atomic mass is 79.9. The molecular weight excluding hydrogens is 448 g/mol. The molecule has 2 nitrogen and oxygen atoms in total. The van der Waals surface area contributed by atoms with Crippen molar-refractivity contribution in [1.29, 1.82) is 0 Å². The molecule has 0 unspecified atom stereocenters. The summed E-state index contributed by atoms with van der Waals surface area (Å²) in [6.07, 6.45) is 5.07. The van der Waals surface area contributed by atoms with Crippen LogP contribution in [-0.4, -0.2) is 20.4 Å². The van der Waals surface area contributed by atoms with Crippen LogP contribution in [0.3, 0.4) is 0 Å². The third-order valence-electron chi connectivity index (χ3n) is 3.50. The molecule has 5 heteroatoms. The van der Waals surface area contributed by atoms with Crippen molar-refractivity contribution >= 4 is 47.8 Å². The molecule has 0 N–H and O–H groups in total. The maximum atomic E-state index is 4.38. The minimum absolute atomic E-state index is 0.0331. The Morgan fingerprint density at radius 2 is 2.00 bits per heavy atom. The van der Waals surface area contributed by atoms with Gasteiger partial charge in [0.15, 0.2) is 0 Å². The normalized spacial score (nSPS) is 11.8. The van der Waals surface area contributed by atoms with E-state index in [-0.39, 0.29) is 5.41 Å². The summed E-state index contributed by atoms with van der Waals surface area (Å²) in [5.41, 5.74) is 2.63. The van der Waals surface area contributed by atoms with E-state index in [1.807, 2.05) is 10.9 Å². The van der Waals surface area contributed by atoms with E-state index in [2.05, 4.69) is 90.3 Å². The maximum Gasteiger partial charge on any atom is 0.0522 e. The highest BCUT2D eigenvalue weighted by molar-refractivity contribution is 9.10. The number of aryl methyl sites for hydroxylation is 1. The molecule has 108 valence electrons. The van der Waals surface area contributed by atoms with E-state index in [9.17, 15) is 0 Å². The summed E-state index contributed by atoms with van der Waals surface area (Å²) in [5, 5.41) is 6.18. The number of benzene rings is 1. The van der Waals surface area contributed by atoms with Gasteiger partial charge in [0.1, 0.15) is 0 Å². The Labute approximate surface area is 145 Å². The minimum atomic E-state index is 0.0331. The molecule has 0 saturated heterocycles. The van der Waals surface area contributed by atoms with Crippen molar-refractivity contribution in [2.75, 3.05) is 10.7 Å². The van der Waals surface area contributed by atoms with Crippen molar-refractivity contribution in [3.05, 3.63) is 52.3 Å². The van der Waals surface area contributed by atoms with Crippen LogP contribution in [0.1, 0.15) is 18.1 Å². The molecule has 2 rings (SSSR count). The summed E-state index contributed by atoms with van der Waals surface area (Å²) in [6, 6.07) is 8.55. The van der Waals surface area contributed by atoms with E-state index < -0.39 is 0 Å². The summed E-state index contributed by atoms with van der Waals surface area (Å²) in [5.74, 6) is 0. The number of aromatic nitrogens is 2. The van der Waals surface area contributed by atoms with Gasteiger partial charge in [-0.15, -0.1) is 0 Å². The van der Waals surface area contributed by atoms with Crippen molar-refractivity contribution in [3.63, 3.8) is 0 Å². The van der Waals surface area contributed by atoms with Crippen molar-refractivity contribution in [2.45, 2.75) is 25.3 Å². The quantitative estimate of drug-likeness (QED) is 0.554. The molecular formula is C15H17Br3N2. The maximum absolute atomic E-state index is 4.38. The SMILES string of the molecule is CCn1cc(CC(CBr)(CBr)c2cccc(Br)c2)cn1. The average Bonchev–Trinajstić information content (AvgIpc) is 2.92. The van der Waals surface area contributed by atoms with Gasteiger partial charge in [-0.25, -0.2) is 0 Å². The third kappa shape index (κ3) is 3.55. The lowest BCUT2D eigenvalue weighted by Gasteiger charge is -2.30. The predicted octanol–water partition coefficient (Wildman–Crippen LogP) is 4.94. The zero-order chi connectivity index (χ0) is 14.6. The van der Waals surface area contributed by atoms with E-state index in [1.165, 1.54) is 11.1 Å². The van der Waals surface area contributed by atoms with Crippen LogP contribution >= 0.6 is 47.8 Å². The van der Waals surface area contributed by atoms with Crippen LogP contribution in [0, 0.1) is 0 Å². The monoisotopic (exact) mass is 462 g/mol. The lowest BCUT2D eigenvalue weighted by molar-refractivity contribution is 0.550. The largest absolute Gasteiger partial charge is 0.273 e. The van der Waals surface area contributed by atoms with Crippen LogP contribution < -0.4 is 0 Å². The van der Waals surface area contributed by atoms with Gasteiger partial charge in [0, 0.05) is 33.3 Å². The van der Waals surface area contributed by atoms with Gasteiger partial charge in [0.05, 0.1) is 6.20 Å². The number of rotatable bonds is 6. The highest BCUT2D eigenvalue weighted by Crippen LogP contribution is 2.34. The molecule has 0 fully saturated rings. The summed E-state index contributed by atoms with van der Waals surface area (Å²) in [6.45, 7) is 3.01. The van der Waals surface area contributed by atoms with Crippen molar-refractivity contribution < 1.29 is 0 Å². The molecule has 0 aliphatic heterocycles. The highest BCUT2D eigenvalue weighted by Gasteiger charge is 2.31. The molecule has 0 aliphatic carbocycles. The second-order valence-electron chi connectivity index (χ2n) is 4.94. The third-order valence-corrected chi connectivity index (χ3v) is 6.14. The van der Waals surface area contributed by atoms with Crippen molar-refractivity contribution in [3.8, 4) is 0 Å². The molecule has 0 spiro atoms. The molecule has 2 aromatic rings. The Morgan fingerprint density at radius 1 is 1.25 bits per heavy atom. The fraction of sp³-hybridized carbons (Fsp3) is 0.400. The summed E-state index contributed by atoms with van der Waals surface area (Å²) < 4.78 is 3.09. The fourth-order valence-electron chi connectivity index (χ4n) is 2.27. The van der Waals surface area contributed by atoms with Crippen LogP contribution in [0.4, 0.5) is 0 Å². The van der Waals surface area contributed by atoms with E-state index >= 15 is 0 Å². The molecule has 1 aromatic carbocycles. The lowest BCUT2D eigenvalue weighted by atomic mass is 9.80. The lowest BCUT2D eigenvalue weighted by Crippen LogP contribution is -2.32. The number of alkyl halides is 2. The van der Waals surface area contributed by atoms with Gasteiger partial charge in [-0.2, -0.15) is 5.10 Å². The Bertz CT molecular complexity index is 562. The second-order valence-corrected chi connectivity index (χ2v) is 6.98. The topological polar surface area (TPSA) is 17.8 Å². The number of hydrogen-bond acceptors (Lipinski definition) is 1. The minimum Gasteiger partial charge on any atom is -0.273 e. The van der Waals surface area contributed by atoms with Gasteiger partial charge in [-0.3, -0.25) is 4.68 Å². The molecule has 20 heavy (non-hydrogen) atoms. The number of nitrogens with zero attached hydrogens (tertiary/aromatic N) is 2. The molecule has 0 amide bonds. The van der Waals surface area contributed by atoms with Gasteiger partial charge >= 0.3 is 0 Å². The average molecular weight is 465 g/mol. The predicted molar refractivity (Wildman–Crippen MR) is 95.0 cm³/mol. The molecule has 1 aromatic heterocycles. The molecule has 0 aliphatic rings. The molecule has 0 saturated carbocycles. The molecule has 0 radical (unpaired) electrons. The van der Waals surface area contributed by atoms with Crippen LogP contribution in [0.15, 0.2) is 41.1 Å². The summed E-state index contributed by atoms with van der Waals surface area (Å²) in [4.78, 5) is 0. The van der Waals surface area contributed by atoms with Gasteiger partial charge in [-0.1, -0.05) is 59.9 Å². The summed E-state index contributed by atoms with van der Waals surface area (Å²) >= 11 is 11.0. The van der Waals surface area contributed by atoms with Crippen LogP contribution in [-0.2, 0) is 18.4 Å². The van der Waals surface area contributed by atoms with Crippen molar-refractivity contribution in [2.24, 2.45) is 0 Å². The molecule has 0 atom stereocenters. The fourth-order valence-corrected chi connectivity index (χ4v) is 4.64. The first-order valence-corrected chi connectivity index (χ1v) is 9.56. The Morgan fingerprint density at radius 3 is 2.55 bits per heavy atom. The van der Waals surface area contributed by atoms with E-state index in [0.29, 0.717) is 0 Å². The first-order chi connectivity index (χ1) is 9.63. The van der Waals surface area contributed by atoms with E-state index in [0.717, 1.165) is 28.1 Å². The van der Waals surface area contributed by atoms with Crippen molar-refractivity contribution in [1.82, 2.24) is 9.78 Å². The van der Waals surface area contributed by atoms with E-state index in [1.54, 1.807) is 0 Å². The smallest absolute Gasteiger partial charge is 0.0522 e. The Hall–Kier alpha value is -0.130. The standard InChI is InChI=1S/C15H17Br3N2/c1-2-20-9-12(8-19-20)7-15(10-16,11-17)13-4-3-5-14(18)6-13/h3-6,8-9H,2,7,10-11H2,1H3. The van der Waals surface area contributed by atoms with Gasteiger partial charge < -0.3 is 0 Å². The van der Waals surface area contributed by atoms with Gasteiger partial charge in [0.2, 0.25) is 0 Å². The van der Waals surface area contributed by atoms with Crippen LogP contribution in [0.2, 0.25) is 0 Å². The summed E-state index contributed by atoms with van der Waals surface area (Å²) in [7, 11) is 0. The second kappa shape index (κ2) is 7.23. The van der Waals surface area contributed by atoms with Gasteiger partial charge in [-0.05, 0) is 36.6 Å². The van der Waals surface area contributed by atoms with Crippen LogP contribution in [0.5, 0.6) is 0 Å². The first kappa shape index (κ1) is 16.2. The Balaban J connectivity index is 2.33.